The first-order valence-electron chi connectivity index (χ1n) is 5.68. The Bertz CT molecular complexity index is 265. The van der Waals surface area contributed by atoms with Crippen molar-refractivity contribution in [3.8, 4) is 11.8 Å². The molecule has 0 aromatic heterocycles. The molecule has 1 rings (SSSR count). The number of nitrogens with two attached hydrogens (primary N) is 1. The smallest absolute Gasteiger partial charge is 0.225 e. The molecule has 0 radical (unpaired) electrons. The van der Waals surface area contributed by atoms with E-state index in [0.717, 1.165) is 25.7 Å². The molecule has 0 spiro atoms. The first-order valence-corrected chi connectivity index (χ1v) is 5.68. The lowest BCUT2D eigenvalue weighted by atomic mass is 9.95. The minimum absolute atomic E-state index is 0.00819. The average molecular weight is 208 g/mol. The number of carbonyl (C=O) groups is 1. The van der Waals surface area contributed by atoms with Gasteiger partial charge in [0.15, 0.2) is 0 Å². The van der Waals surface area contributed by atoms with Crippen LogP contribution in [0.2, 0.25) is 0 Å². The van der Waals surface area contributed by atoms with Gasteiger partial charge >= 0.3 is 0 Å². The topological polar surface area (TPSA) is 55.1 Å². The predicted octanol–water partition coefficient (Wildman–Crippen LogP) is 1.03. The minimum Gasteiger partial charge on any atom is -0.345 e. The predicted molar refractivity (Wildman–Crippen MR) is 61.0 cm³/mol. The van der Waals surface area contributed by atoms with Crippen LogP contribution in [0.4, 0.5) is 0 Å². The van der Waals surface area contributed by atoms with Gasteiger partial charge in [-0.1, -0.05) is 25.2 Å². The van der Waals surface area contributed by atoms with Crippen molar-refractivity contribution in [1.82, 2.24) is 5.32 Å². The van der Waals surface area contributed by atoms with E-state index in [4.69, 9.17) is 5.73 Å². The molecule has 0 aliphatic heterocycles. The number of amides is 1. The second-order valence-corrected chi connectivity index (χ2v) is 4.05. The zero-order valence-electron chi connectivity index (χ0n) is 9.38. The molecule has 3 nitrogen and oxygen atoms in total. The molecule has 1 amide bonds. The van der Waals surface area contributed by atoms with Crippen LogP contribution in [0.25, 0.3) is 0 Å². The van der Waals surface area contributed by atoms with Crippen molar-refractivity contribution in [2.45, 2.75) is 45.1 Å². The van der Waals surface area contributed by atoms with Crippen LogP contribution in [0, 0.1) is 17.8 Å². The van der Waals surface area contributed by atoms with E-state index in [1.54, 1.807) is 6.92 Å². The fraction of sp³-hybridized carbons (Fsp3) is 0.750. The molecule has 84 valence electrons. The monoisotopic (exact) mass is 208 g/mol. The van der Waals surface area contributed by atoms with Gasteiger partial charge in [-0.05, 0) is 19.8 Å². The molecule has 0 aromatic rings. The Kier molecular flexibility index (Phi) is 5.20. The standard InChI is InChI=1S/C12H20N2O/c1-2-3-9-14-12(15)10-7-5-4-6-8-11(10)13/h10-11H,4-9,13H2,1H3,(H,14,15). The number of carbonyl (C=O) groups excluding carboxylic acids is 1. The van der Waals surface area contributed by atoms with Crippen LogP contribution in [0.1, 0.15) is 39.0 Å². The molecule has 3 N–H and O–H groups in total. The second-order valence-electron chi connectivity index (χ2n) is 4.05. The molecule has 3 heteroatoms. The van der Waals surface area contributed by atoms with Gasteiger partial charge in [-0.25, -0.2) is 0 Å². The molecular formula is C12H20N2O. The van der Waals surface area contributed by atoms with Gasteiger partial charge in [-0.15, -0.1) is 5.92 Å². The van der Waals surface area contributed by atoms with Crippen molar-refractivity contribution in [1.29, 1.82) is 0 Å². The summed E-state index contributed by atoms with van der Waals surface area (Å²) in [6, 6.07) is 0.0297. The third-order valence-corrected chi connectivity index (χ3v) is 2.93. The van der Waals surface area contributed by atoms with Crippen LogP contribution in [0.5, 0.6) is 0 Å². The van der Waals surface area contributed by atoms with Crippen LogP contribution < -0.4 is 11.1 Å². The molecule has 2 unspecified atom stereocenters. The molecule has 1 aliphatic carbocycles. The first-order chi connectivity index (χ1) is 7.25. The van der Waals surface area contributed by atoms with Crippen LogP contribution in [-0.4, -0.2) is 18.5 Å². The lowest BCUT2D eigenvalue weighted by Gasteiger charge is -2.19. The summed E-state index contributed by atoms with van der Waals surface area (Å²) in [5.74, 6) is 5.65. The van der Waals surface area contributed by atoms with Crippen molar-refractivity contribution in [2.75, 3.05) is 6.54 Å². The van der Waals surface area contributed by atoms with E-state index in [0.29, 0.717) is 6.54 Å². The zero-order chi connectivity index (χ0) is 11.1. The molecular weight excluding hydrogens is 188 g/mol. The summed E-state index contributed by atoms with van der Waals surface area (Å²) in [6.07, 6.45) is 5.36. The fourth-order valence-corrected chi connectivity index (χ4v) is 2.01. The maximum atomic E-state index is 11.8. The molecule has 15 heavy (non-hydrogen) atoms. The van der Waals surface area contributed by atoms with Crippen LogP contribution in [0.3, 0.4) is 0 Å². The maximum Gasteiger partial charge on any atom is 0.225 e. The van der Waals surface area contributed by atoms with Crippen molar-refractivity contribution in [3.63, 3.8) is 0 Å². The molecule has 0 heterocycles. The van der Waals surface area contributed by atoms with Crippen molar-refractivity contribution in [2.24, 2.45) is 11.7 Å². The first kappa shape index (κ1) is 12.1. The van der Waals surface area contributed by atoms with Gasteiger partial charge in [-0.2, -0.15) is 0 Å². The Labute approximate surface area is 91.8 Å². The highest BCUT2D eigenvalue weighted by molar-refractivity contribution is 5.79. The number of rotatable bonds is 2. The highest BCUT2D eigenvalue weighted by atomic mass is 16.1. The SMILES string of the molecule is CC#CCNC(=O)C1CCCCCC1N. The Morgan fingerprint density at radius 2 is 2.13 bits per heavy atom. The summed E-state index contributed by atoms with van der Waals surface area (Å²) in [5.41, 5.74) is 5.99. The summed E-state index contributed by atoms with van der Waals surface area (Å²) < 4.78 is 0. The van der Waals surface area contributed by atoms with Gasteiger partial charge in [0.2, 0.25) is 5.91 Å². The van der Waals surface area contributed by atoms with E-state index in [9.17, 15) is 4.79 Å². The molecule has 0 saturated heterocycles. The molecule has 1 saturated carbocycles. The van der Waals surface area contributed by atoms with Crippen molar-refractivity contribution < 1.29 is 4.79 Å². The Balaban J connectivity index is 2.43. The Hall–Kier alpha value is -1.01. The fourth-order valence-electron chi connectivity index (χ4n) is 2.01. The van der Waals surface area contributed by atoms with Gasteiger partial charge in [0.05, 0.1) is 12.5 Å². The van der Waals surface area contributed by atoms with E-state index in [-0.39, 0.29) is 17.9 Å². The molecule has 0 bridgehead atoms. The third kappa shape index (κ3) is 3.93. The quantitative estimate of drug-likeness (QED) is 0.526. The highest BCUT2D eigenvalue weighted by Crippen LogP contribution is 2.22. The van der Waals surface area contributed by atoms with Crippen LogP contribution in [-0.2, 0) is 4.79 Å². The second kappa shape index (κ2) is 6.47. The summed E-state index contributed by atoms with van der Waals surface area (Å²) in [6.45, 7) is 2.21. The van der Waals surface area contributed by atoms with Gasteiger partial charge in [0.1, 0.15) is 0 Å². The normalized spacial score (nSPS) is 26.0. The maximum absolute atomic E-state index is 11.8. The largest absolute Gasteiger partial charge is 0.345 e. The minimum atomic E-state index is -0.00819. The van der Waals surface area contributed by atoms with Crippen LogP contribution in [0.15, 0.2) is 0 Å². The van der Waals surface area contributed by atoms with Gasteiger partial charge in [0, 0.05) is 6.04 Å². The number of nitrogens with one attached hydrogen (secondary N) is 1. The summed E-state index contributed by atoms with van der Waals surface area (Å²) >= 11 is 0. The van der Waals surface area contributed by atoms with E-state index >= 15 is 0 Å². The van der Waals surface area contributed by atoms with E-state index in [1.165, 1.54) is 6.42 Å². The van der Waals surface area contributed by atoms with E-state index in [1.807, 2.05) is 0 Å². The molecule has 1 aliphatic rings. The summed E-state index contributed by atoms with van der Waals surface area (Å²) in [7, 11) is 0. The molecule has 1 fully saturated rings. The molecule has 2 atom stereocenters. The number of hydrogen-bond acceptors (Lipinski definition) is 2. The summed E-state index contributed by atoms with van der Waals surface area (Å²) in [5, 5.41) is 2.82. The van der Waals surface area contributed by atoms with E-state index < -0.39 is 0 Å². The van der Waals surface area contributed by atoms with Gasteiger partial charge in [-0.3, -0.25) is 4.79 Å². The average Bonchev–Trinajstić information content (AvgIpc) is 2.43. The third-order valence-electron chi connectivity index (χ3n) is 2.93. The lowest BCUT2D eigenvalue weighted by molar-refractivity contribution is -0.125. The molecule has 0 aromatic carbocycles. The highest BCUT2D eigenvalue weighted by Gasteiger charge is 2.26. The van der Waals surface area contributed by atoms with Crippen LogP contribution >= 0.6 is 0 Å². The van der Waals surface area contributed by atoms with Crippen molar-refractivity contribution >= 4 is 5.91 Å². The Morgan fingerprint density at radius 1 is 1.40 bits per heavy atom. The number of hydrogen-bond donors (Lipinski definition) is 2. The summed E-state index contributed by atoms with van der Waals surface area (Å²) in [4.78, 5) is 11.8. The van der Waals surface area contributed by atoms with Crippen molar-refractivity contribution in [3.05, 3.63) is 0 Å². The van der Waals surface area contributed by atoms with Gasteiger partial charge < -0.3 is 11.1 Å². The Morgan fingerprint density at radius 3 is 2.87 bits per heavy atom. The zero-order valence-corrected chi connectivity index (χ0v) is 9.38. The van der Waals surface area contributed by atoms with Gasteiger partial charge in [0.25, 0.3) is 0 Å². The van der Waals surface area contributed by atoms with E-state index in [2.05, 4.69) is 17.2 Å². The lowest BCUT2D eigenvalue weighted by Crippen LogP contribution is -2.41.